The third-order valence-electron chi connectivity index (χ3n) is 3.72. The van der Waals surface area contributed by atoms with Gasteiger partial charge in [-0.2, -0.15) is 0 Å². The Morgan fingerprint density at radius 3 is 2.33 bits per heavy atom. The first kappa shape index (κ1) is 17.8. The van der Waals surface area contributed by atoms with Gasteiger partial charge in [-0.25, -0.2) is 8.42 Å². The molecule has 0 aromatic heterocycles. The van der Waals surface area contributed by atoms with Gasteiger partial charge in [-0.1, -0.05) is 6.07 Å². The molecule has 0 saturated heterocycles. The molecule has 2 aromatic carbocycles. The molecule has 2 aromatic rings. The molecule has 0 unspecified atom stereocenters. The molecule has 0 aliphatic carbocycles. The molecule has 2 rings (SSSR count). The van der Waals surface area contributed by atoms with Crippen LogP contribution in [0.15, 0.2) is 41.3 Å². The molecule has 0 spiro atoms. The van der Waals surface area contributed by atoms with E-state index in [-0.39, 0.29) is 22.2 Å². The molecule has 2 N–H and O–H groups in total. The van der Waals surface area contributed by atoms with E-state index in [4.69, 9.17) is 4.74 Å². The number of hydrogen-bond acceptors (Lipinski definition) is 4. The highest BCUT2D eigenvalue weighted by molar-refractivity contribution is 7.92. The maximum absolute atomic E-state index is 12.6. The number of carbonyl (C=O) groups is 1. The maximum atomic E-state index is 12.6. The van der Waals surface area contributed by atoms with Crippen molar-refractivity contribution < 1.29 is 17.9 Å². The van der Waals surface area contributed by atoms with Crippen molar-refractivity contribution in [3.63, 3.8) is 0 Å². The number of nitrogens with one attached hydrogen (secondary N) is 2. The summed E-state index contributed by atoms with van der Waals surface area (Å²) >= 11 is 0. The number of benzene rings is 2. The number of ether oxygens (including phenoxy) is 1. The Labute approximate surface area is 141 Å². The first-order valence-electron chi connectivity index (χ1n) is 7.28. The predicted octanol–water partition coefficient (Wildman–Crippen LogP) is 2.47. The molecule has 7 heteroatoms. The zero-order chi connectivity index (χ0) is 17.9. The summed E-state index contributed by atoms with van der Waals surface area (Å²) in [6.45, 7) is 3.77. The third kappa shape index (κ3) is 3.68. The number of amides is 1. The highest BCUT2D eigenvalue weighted by atomic mass is 32.2. The molecule has 1 amide bonds. The highest BCUT2D eigenvalue weighted by Crippen LogP contribution is 2.28. The lowest BCUT2D eigenvalue weighted by Gasteiger charge is -2.13. The molecule has 0 saturated carbocycles. The van der Waals surface area contributed by atoms with Crippen LogP contribution in [0.1, 0.15) is 21.5 Å². The van der Waals surface area contributed by atoms with Gasteiger partial charge in [0, 0.05) is 12.6 Å². The number of methoxy groups -OCH3 is 1. The first-order valence-corrected chi connectivity index (χ1v) is 8.77. The Morgan fingerprint density at radius 2 is 1.75 bits per heavy atom. The average molecular weight is 348 g/mol. The lowest BCUT2D eigenvalue weighted by atomic mass is 10.1. The Kier molecular flexibility index (Phi) is 5.14. The van der Waals surface area contributed by atoms with Gasteiger partial charge < -0.3 is 10.1 Å². The summed E-state index contributed by atoms with van der Waals surface area (Å²) in [7, 11) is -0.822. The number of anilines is 1. The summed E-state index contributed by atoms with van der Waals surface area (Å²) in [4.78, 5) is 11.8. The van der Waals surface area contributed by atoms with Crippen LogP contribution < -0.4 is 14.8 Å². The van der Waals surface area contributed by atoms with Crippen LogP contribution in [0.5, 0.6) is 5.75 Å². The fourth-order valence-corrected chi connectivity index (χ4v) is 3.30. The summed E-state index contributed by atoms with van der Waals surface area (Å²) < 4.78 is 32.8. The van der Waals surface area contributed by atoms with Crippen molar-refractivity contribution in [2.75, 3.05) is 18.9 Å². The Bertz CT molecular complexity index is 876. The fraction of sp³-hybridized carbons (Fsp3) is 0.235. The van der Waals surface area contributed by atoms with Gasteiger partial charge in [-0.15, -0.1) is 0 Å². The summed E-state index contributed by atoms with van der Waals surface area (Å²) in [5, 5.41) is 2.50. The molecular formula is C17H20N2O4S. The van der Waals surface area contributed by atoms with E-state index in [0.717, 1.165) is 11.1 Å². The lowest BCUT2D eigenvalue weighted by Crippen LogP contribution is -2.18. The number of rotatable bonds is 5. The minimum absolute atomic E-state index is 0.169. The van der Waals surface area contributed by atoms with E-state index in [2.05, 4.69) is 10.0 Å². The smallest absolute Gasteiger partial charge is 0.262 e. The second-order valence-corrected chi connectivity index (χ2v) is 7.03. The zero-order valence-corrected chi connectivity index (χ0v) is 14.8. The Morgan fingerprint density at radius 1 is 1.04 bits per heavy atom. The van der Waals surface area contributed by atoms with Crippen molar-refractivity contribution in [3.8, 4) is 5.75 Å². The monoisotopic (exact) mass is 348 g/mol. The van der Waals surface area contributed by atoms with Gasteiger partial charge in [0.1, 0.15) is 5.75 Å². The minimum Gasteiger partial charge on any atom is -0.495 e. The van der Waals surface area contributed by atoms with Crippen molar-refractivity contribution in [1.29, 1.82) is 0 Å². The zero-order valence-electron chi connectivity index (χ0n) is 14.0. The van der Waals surface area contributed by atoms with Gasteiger partial charge in [0.25, 0.3) is 15.9 Å². The summed E-state index contributed by atoms with van der Waals surface area (Å²) in [6, 6.07) is 9.44. The second-order valence-electron chi connectivity index (χ2n) is 5.35. The molecule has 24 heavy (non-hydrogen) atoms. The van der Waals surface area contributed by atoms with E-state index in [1.807, 2.05) is 13.8 Å². The molecule has 0 aliphatic rings. The van der Waals surface area contributed by atoms with Crippen LogP contribution in [0.2, 0.25) is 0 Å². The number of hydrogen-bond donors (Lipinski definition) is 2. The standard InChI is InChI=1S/C17H20N2O4S/c1-11-5-7-14(9-12(11)2)24(21,22)19-15-8-6-13(17(20)18-3)10-16(15)23-4/h5-10,19H,1-4H3,(H,18,20). The van der Waals surface area contributed by atoms with Crippen LogP contribution in [-0.4, -0.2) is 28.5 Å². The molecule has 0 fully saturated rings. The van der Waals surface area contributed by atoms with Gasteiger partial charge in [0.2, 0.25) is 0 Å². The van der Waals surface area contributed by atoms with E-state index >= 15 is 0 Å². The van der Waals surface area contributed by atoms with E-state index in [0.29, 0.717) is 5.56 Å². The van der Waals surface area contributed by atoms with Gasteiger partial charge >= 0.3 is 0 Å². The third-order valence-corrected chi connectivity index (χ3v) is 5.09. The molecular weight excluding hydrogens is 328 g/mol. The normalized spacial score (nSPS) is 11.0. The van der Waals surface area contributed by atoms with Crippen LogP contribution in [0.3, 0.4) is 0 Å². The summed E-state index contributed by atoms with van der Waals surface area (Å²) in [5.74, 6) is -0.0135. The minimum atomic E-state index is -3.75. The van der Waals surface area contributed by atoms with Crippen molar-refractivity contribution in [3.05, 3.63) is 53.1 Å². The molecule has 0 aliphatic heterocycles. The van der Waals surface area contributed by atoms with Crippen molar-refractivity contribution >= 4 is 21.6 Å². The van der Waals surface area contributed by atoms with E-state index in [9.17, 15) is 13.2 Å². The van der Waals surface area contributed by atoms with E-state index in [1.54, 1.807) is 18.2 Å². The van der Waals surface area contributed by atoms with E-state index in [1.165, 1.54) is 32.4 Å². The lowest BCUT2D eigenvalue weighted by molar-refractivity contribution is 0.0963. The Balaban J connectivity index is 2.38. The molecule has 0 radical (unpaired) electrons. The van der Waals surface area contributed by atoms with Crippen LogP contribution in [0.25, 0.3) is 0 Å². The maximum Gasteiger partial charge on any atom is 0.262 e. The molecule has 0 bridgehead atoms. The van der Waals surface area contributed by atoms with Crippen molar-refractivity contribution in [2.45, 2.75) is 18.7 Å². The summed E-state index contributed by atoms with van der Waals surface area (Å²) in [6.07, 6.45) is 0. The number of aryl methyl sites for hydroxylation is 2. The fourth-order valence-electron chi connectivity index (χ4n) is 2.15. The molecule has 0 heterocycles. The van der Waals surface area contributed by atoms with Gasteiger partial charge in [0.05, 0.1) is 17.7 Å². The summed E-state index contributed by atoms with van der Waals surface area (Å²) in [5.41, 5.74) is 2.55. The quantitative estimate of drug-likeness (QED) is 0.869. The van der Waals surface area contributed by atoms with E-state index < -0.39 is 10.0 Å². The van der Waals surface area contributed by atoms with Crippen LogP contribution >= 0.6 is 0 Å². The van der Waals surface area contributed by atoms with Crippen molar-refractivity contribution in [2.24, 2.45) is 0 Å². The number of carbonyl (C=O) groups excluding carboxylic acids is 1. The number of sulfonamides is 1. The largest absolute Gasteiger partial charge is 0.495 e. The van der Waals surface area contributed by atoms with Gasteiger partial charge in [0.15, 0.2) is 0 Å². The second kappa shape index (κ2) is 6.92. The van der Waals surface area contributed by atoms with Crippen molar-refractivity contribution in [1.82, 2.24) is 5.32 Å². The van der Waals surface area contributed by atoms with Crippen LogP contribution in [0.4, 0.5) is 5.69 Å². The highest BCUT2D eigenvalue weighted by Gasteiger charge is 2.18. The SMILES string of the molecule is CNC(=O)c1ccc(NS(=O)(=O)c2ccc(C)c(C)c2)c(OC)c1. The van der Waals surface area contributed by atoms with Gasteiger partial charge in [-0.3, -0.25) is 9.52 Å². The molecule has 0 atom stereocenters. The first-order chi connectivity index (χ1) is 11.3. The van der Waals surface area contributed by atoms with Crippen LogP contribution in [0, 0.1) is 13.8 Å². The molecule has 128 valence electrons. The average Bonchev–Trinajstić information content (AvgIpc) is 2.56. The van der Waals surface area contributed by atoms with Gasteiger partial charge in [-0.05, 0) is 55.3 Å². The Hall–Kier alpha value is -2.54. The predicted molar refractivity (Wildman–Crippen MR) is 93.1 cm³/mol. The van der Waals surface area contributed by atoms with Crippen LogP contribution in [-0.2, 0) is 10.0 Å². The topological polar surface area (TPSA) is 84.5 Å². The molecule has 6 nitrogen and oxygen atoms in total.